The molecule has 3 heteroatoms. The van der Waals surface area contributed by atoms with Gasteiger partial charge < -0.3 is 4.74 Å². The van der Waals surface area contributed by atoms with Gasteiger partial charge in [0.25, 0.3) is 0 Å². The number of ether oxygens (including phenoxy) is 1. The van der Waals surface area contributed by atoms with Crippen molar-refractivity contribution in [3.63, 3.8) is 0 Å². The summed E-state index contributed by atoms with van der Waals surface area (Å²) in [4.78, 5) is 9.98. The number of hydrogen-bond acceptors (Lipinski definition) is 3. The first-order valence-corrected chi connectivity index (χ1v) is 16.7. The molecular formula is C44H34N2O. The third kappa shape index (κ3) is 4.73. The number of rotatable bonds is 4. The highest BCUT2D eigenvalue weighted by Crippen LogP contribution is 2.55. The van der Waals surface area contributed by atoms with E-state index >= 15 is 0 Å². The Hall–Kier alpha value is -5.54. The normalized spacial score (nSPS) is 14.7. The summed E-state index contributed by atoms with van der Waals surface area (Å²) >= 11 is 0. The Bertz CT molecular complexity index is 2250. The maximum atomic E-state index is 6.52. The van der Waals surface area contributed by atoms with Crippen LogP contribution in [0.5, 0.6) is 11.5 Å². The predicted octanol–water partition coefficient (Wildman–Crippen LogP) is 11.7. The molecule has 3 nitrogen and oxygen atoms in total. The molecule has 0 amide bonds. The van der Waals surface area contributed by atoms with Crippen molar-refractivity contribution < 1.29 is 4.74 Å². The number of fused-ring (bicyclic) bond motifs is 5. The van der Waals surface area contributed by atoms with E-state index in [2.05, 4.69) is 121 Å². The lowest BCUT2D eigenvalue weighted by molar-refractivity contribution is 0.306. The molecule has 1 aliphatic carbocycles. The van der Waals surface area contributed by atoms with Gasteiger partial charge in [0.05, 0.1) is 11.2 Å². The number of aromatic nitrogens is 2. The smallest absolute Gasteiger partial charge is 0.160 e. The van der Waals surface area contributed by atoms with Crippen LogP contribution in [0, 0.1) is 0 Å². The van der Waals surface area contributed by atoms with Crippen molar-refractivity contribution in [1.29, 1.82) is 0 Å². The third-order valence-corrected chi connectivity index (χ3v) is 10.2. The van der Waals surface area contributed by atoms with Crippen molar-refractivity contribution in [3.05, 3.63) is 157 Å². The summed E-state index contributed by atoms with van der Waals surface area (Å²) < 4.78 is 6.52. The highest BCUT2D eigenvalue weighted by molar-refractivity contribution is 5.94. The average Bonchev–Trinajstić information content (AvgIpc) is 3.15. The van der Waals surface area contributed by atoms with Crippen LogP contribution in [0.2, 0.25) is 0 Å². The fourth-order valence-electron chi connectivity index (χ4n) is 7.88. The lowest BCUT2D eigenvalue weighted by Crippen LogP contribution is -2.33. The van der Waals surface area contributed by atoms with Gasteiger partial charge in [-0.05, 0) is 59.4 Å². The first kappa shape index (κ1) is 27.7. The van der Waals surface area contributed by atoms with E-state index in [0.29, 0.717) is 0 Å². The minimum atomic E-state index is 0.00788. The Morgan fingerprint density at radius 3 is 1.94 bits per heavy atom. The van der Waals surface area contributed by atoms with Crippen LogP contribution in [0.3, 0.4) is 0 Å². The van der Waals surface area contributed by atoms with E-state index in [0.717, 1.165) is 57.9 Å². The molecule has 1 spiro atoms. The van der Waals surface area contributed by atoms with Gasteiger partial charge >= 0.3 is 0 Å². The van der Waals surface area contributed by atoms with E-state index in [9.17, 15) is 0 Å². The Morgan fingerprint density at radius 2 is 1.11 bits per heavy atom. The largest absolute Gasteiger partial charge is 0.457 e. The molecule has 1 aliphatic heterocycles. The molecule has 0 N–H and O–H groups in total. The second-order valence-corrected chi connectivity index (χ2v) is 12.9. The van der Waals surface area contributed by atoms with Crippen molar-refractivity contribution in [2.24, 2.45) is 0 Å². The molecule has 0 bridgehead atoms. The Morgan fingerprint density at radius 1 is 0.468 bits per heavy atom. The summed E-state index contributed by atoms with van der Waals surface area (Å²) in [6.07, 6.45) is 6.12. The maximum absolute atomic E-state index is 6.52. The molecule has 2 aliphatic rings. The van der Waals surface area contributed by atoms with Gasteiger partial charge in [-0.1, -0.05) is 141 Å². The molecule has 1 fully saturated rings. The minimum Gasteiger partial charge on any atom is -0.457 e. The minimum absolute atomic E-state index is 0.00788. The topological polar surface area (TPSA) is 35.0 Å². The van der Waals surface area contributed by atoms with Crippen LogP contribution in [0.4, 0.5) is 0 Å². The maximum Gasteiger partial charge on any atom is 0.160 e. The van der Waals surface area contributed by atoms with Crippen molar-refractivity contribution in [2.75, 3.05) is 0 Å². The monoisotopic (exact) mass is 606 g/mol. The highest BCUT2D eigenvalue weighted by atomic mass is 16.5. The van der Waals surface area contributed by atoms with Crippen LogP contribution in [0.1, 0.15) is 43.2 Å². The number of hydrogen-bond donors (Lipinski definition) is 0. The second kappa shape index (κ2) is 11.4. The number of nitrogens with zero attached hydrogens (tertiary/aromatic N) is 2. The lowest BCUT2D eigenvalue weighted by Gasteiger charge is -2.43. The van der Waals surface area contributed by atoms with E-state index in [4.69, 9.17) is 14.7 Å². The van der Waals surface area contributed by atoms with Crippen molar-refractivity contribution in [1.82, 2.24) is 9.97 Å². The molecule has 226 valence electrons. The fourth-order valence-corrected chi connectivity index (χ4v) is 7.88. The SMILES string of the molecule is c1ccc(-c2nc(-c3ccc(-c4ccccc4-c4ccc5c(c4)C4(CCCCC4)c4ccccc4O5)cc3)c3ccccc3n2)cc1. The molecule has 6 aromatic carbocycles. The lowest BCUT2D eigenvalue weighted by atomic mass is 9.63. The van der Waals surface area contributed by atoms with E-state index in [1.165, 1.54) is 52.6 Å². The third-order valence-electron chi connectivity index (χ3n) is 10.2. The molecule has 7 aromatic rings. The first-order valence-electron chi connectivity index (χ1n) is 16.7. The zero-order valence-corrected chi connectivity index (χ0v) is 26.2. The van der Waals surface area contributed by atoms with Crippen molar-refractivity contribution in [2.45, 2.75) is 37.5 Å². The average molecular weight is 607 g/mol. The summed E-state index contributed by atoms with van der Waals surface area (Å²) in [7, 11) is 0. The van der Waals surface area contributed by atoms with E-state index in [1.54, 1.807) is 0 Å². The first-order chi connectivity index (χ1) is 23.3. The van der Waals surface area contributed by atoms with Crippen LogP contribution in [0.25, 0.3) is 55.8 Å². The molecule has 2 heterocycles. The molecule has 0 atom stereocenters. The van der Waals surface area contributed by atoms with Crippen molar-refractivity contribution >= 4 is 10.9 Å². The summed E-state index contributed by atoms with van der Waals surface area (Å²) in [5.41, 5.74) is 11.5. The van der Waals surface area contributed by atoms with Crippen LogP contribution in [0.15, 0.2) is 146 Å². The molecular weight excluding hydrogens is 572 g/mol. The highest BCUT2D eigenvalue weighted by Gasteiger charge is 2.42. The molecule has 0 unspecified atom stereocenters. The molecule has 9 rings (SSSR count). The van der Waals surface area contributed by atoms with Gasteiger partial charge in [-0.25, -0.2) is 9.97 Å². The summed E-state index contributed by atoms with van der Waals surface area (Å²) in [6.45, 7) is 0. The van der Waals surface area contributed by atoms with Crippen LogP contribution < -0.4 is 4.74 Å². The Balaban J connectivity index is 1.12. The van der Waals surface area contributed by atoms with Crippen LogP contribution in [-0.2, 0) is 5.41 Å². The molecule has 1 aromatic heterocycles. The number of benzene rings is 6. The van der Waals surface area contributed by atoms with E-state index in [1.807, 2.05) is 24.3 Å². The van der Waals surface area contributed by atoms with Gasteiger partial charge in [0.2, 0.25) is 0 Å². The van der Waals surface area contributed by atoms with Gasteiger partial charge in [-0.2, -0.15) is 0 Å². The number of para-hydroxylation sites is 2. The van der Waals surface area contributed by atoms with E-state index < -0.39 is 0 Å². The molecule has 47 heavy (non-hydrogen) atoms. The van der Waals surface area contributed by atoms with Crippen LogP contribution in [-0.4, -0.2) is 9.97 Å². The van der Waals surface area contributed by atoms with E-state index in [-0.39, 0.29) is 5.41 Å². The van der Waals surface area contributed by atoms with Gasteiger partial charge in [0.15, 0.2) is 5.82 Å². The zero-order chi connectivity index (χ0) is 31.2. The van der Waals surface area contributed by atoms with Gasteiger partial charge in [0, 0.05) is 33.1 Å². The fraction of sp³-hybridized carbons (Fsp3) is 0.136. The second-order valence-electron chi connectivity index (χ2n) is 12.9. The molecule has 1 saturated carbocycles. The van der Waals surface area contributed by atoms with Gasteiger partial charge in [0.1, 0.15) is 11.5 Å². The van der Waals surface area contributed by atoms with Crippen LogP contribution >= 0.6 is 0 Å². The zero-order valence-electron chi connectivity index (χ0n) is 26.2. The van der Waals surface area contributed by atoms with Gasteiger partial charge in [-0.15, -0.1) is 0 Å². The van der Waals surface area contributed by atoms with Gasteiger partial charge in [-0.3, -0.25) is 0 Å². The summed E-state index contributed by atoms with van der Waals surface area (Å²) in [6, 6.07) is 51.6. The van der Waals surface area contributed by atoms with Crippen molar-refractivity contribution in [3.8, 4) is 56.4 Å². The summed E-state index contributed by atoms with van der Waals surface area (Å²) in [5.74, 6) is 2.76. The molecule has 0 radical (unpaired) electrons. The standard InChI is InChI=1S/C44H34N2O/c1-3-13-32(14-4-1)43-45-39-19-9-7-17-36(39)42(46-43)31-23-21-30(22-24-31)34-15-5-6-16-35(34)33-25-26-41-38(29-33)44(27-11-2-12-28-44)37-18-8-10-20-40(37)47-41/h1,3-10,13-26,29H,2,11-12,27-28H2. The summed E-state index contributed by atoms with van der Waals surface area (Å²) in [5, 5.41) is 1.05. The Labute approximate surface area is 275 Å². The molecule has 0 saturated heterocycles. The predicted molar refractivity (Wildman–Crippen MR) is 192 cm³/mol. The quantitative estimate of drug-likeness (QED) is 0.200. The Kier molecular flexibility index (Phi) is 6.71.